The zero-order valence-electron chi connectivity index (χ0n) is 14.4. The monoisotopic (exact) mass is 451 g/mol. The molecule has 0 saturated carbocycles. The lowest BCUT2D eigenvalue weighted by Gasteiger charge is -2.25. The number of aliphatic hydroxyl groups excluding tert-OH is 1. The van der Waals surface area contributed by atoms with Gasteiger partial charge in [-0.2, -0.15) is 0 Å². The lowest BCUT2D eigenvalue weighted by Crippen LogP contribution is -2.40. The molecule has 0 radical (unpaired) electrons. The molecular formula is C17H30IN3O3. The average molecular weight is 451 g/mol. The Morgan fingerprint density at radius 2 is 2.21 bits per heavy atom. The second kappa shape index (κ2) is 11.7. The molecule has 1 unspecified atom stereocenters. The van der Waals surface area contributed by atoms with Crippen LogP contribution in [-0.2, 0) is 11.2 Å². The molecule has 1 fully saturated rings. The third-order valence-corrected chi connectivity index (χ3v) is 4.19. The molecule has 2 heterocycles. The minimum atomic E-state index is -0.0173. The van der Waals surface area contributed by atoms with Crippen LogP contribution in [0.1, 0.15) is 31.9 Å². The summed E-state index contributed by atoms with van der Waals surface area (Å²) in [6.45, 7) is 6.09. The Bertz CT molecular complexity index is 460. The number of ether oxygens (including phenoxy) is 1. The summed E-state index contributed by atoms with van der Waals surface area (Å²) < 4.78 is 10.9. The fraction of sp³-hybridized carbons (Fsp3) is 0.706. The van der Waals surface area contributed by atoms with Crippen LogP contribution in [0.3, 0.4) is 0 Å². The number of furan rings is 1. The molecule has 2 rings (SSSR count). The minimum absolute atomic E-state index is 0. The molecule has 7 heteroatoms. The second-order valence-electron chi connectivity index (χ2n) is 6.12. The van der Waals surface area contributed by atoms with E-state index in [9.17, 15) is 5.11 Å². The van der Waals surface area contributed by atoms with E-state index in [0.717, 1.165) is 57.1 Å². The van der Waals surface area contributed by atoms with Gasteiger partial charge in [0.1, 0.15) is 5.76 Å². The molecule has 3 N–H and O–H groups in total. The van der Waals surface area contributed by atoms with Gasteiger partial charge in [-0.1, -0.05) is 6.92 Å². The van der Waals surface area contributed by atoms with E-state index in [1.807, 2.05) is 12.1 Å². The van der Waals surface area contributed by atoms with E-state index in [1.165, 1.54) is 0 Å². The van der Waals surface area contributed by atoms with Crippen LogP contribution in [0.25, 0.3) is 0 Å². The third kappa shape index (κ3) is 6.98. The van der Waals surface area contributed by atoms with Crippen molar-refractivity contribution in [3.8, 4) is 0 Å². The average Bonchev–Trinajstić information content (AvgIpc) is 3.22. The second-order valence-corrected chi connectivity index (χ2v) is 6.12. The molecule has 24 heavy (non-hydrogen) atoms. The molecule has 1 atom stereocenters. The topological polar surface area (TPSA) is 79.0 Å². The Morgan fingerprint density at radius 1 is 1.38 bits per heavy atom. The van der Waals surface area contributed by atoms with Gasteiger partial charge in [0.25, 0.3) is 0 Å². The van der Waals surface area contributed by atoms with Gasteiger partial charge in [0.2, 0.25) is 0 Å². The molecule has 1 aliphatic rings. The predicted molar refractivity (Wildman–Crippen MR) is 106 cm³/mol. The Balaban J connectivity index is 0.00000288. The minimum Gasteiger partial charge on any atom is -0.469 e. The molecule has 0 bridgehead atoms. The van der Waals surface area contributed by atoms with Crippen molar-refractivity contribution in [1.82, 2.24) is 10.6 Å². The maximum Gasteiger partial charge on any atom is 0.191 e. The van der Waals surface area contributed by atoms with Gasteiger partial charge in [-0.25, -0.2) is 0 Å². The van der Waals surface area contributed by atoms with Crippen molar-refractivity contribution in [2.45, 2.75) is 32.6 Å². The van der Waals surface area contributed by atoms with Crippen LogP contribution in [-0.4, -0.2) is 50.5 Å². The molecule has 1 aromatic rings. The SMILES string of the molecule is CCCNC(=NCC1(CCO)CCOC1)NCCc1ccco1.I. The number of hydrogen-bond donors (Lipinski definition) is 3. The van der Waals surface area contributed by atoms with Crippen molar-refractivity contribution in [3.63, 3.8) is 0 Å². The summed E-state index contributed by atoms with van der Waals surface area (Å²) in [6, 6.07) is 3.88. The highest BCUT2D eigenvalue weighted by atomic mass is 127. The zero-order valence-corrected chi connectivity index (χ0v) is 16.8. The standard InChI is InChI=1S/C17H29N3O3.HI/c1-2-8-18-16(19-9-5-15-4-3-11-23-15)20-13-17(6-10-21)7-12-22-14-17;/h3-4,11,21H,2,5-10,12-14H2,1H3,(H2,18,19,20);1H. The number of nitrogens with zero attached hydrogens (tertiary/aromatic N) is 1. The quantitative estimate of drug-likeness (QED) is 0.305. The van der Waals surface area contributed by atoms with Crippen molar-refractivity contribution < 1.29 is 14.3 Å². The molecule has 138 valence electrons. The van der Waals surface area contributed by atoms with Gasteiger partial charge in [-0.05, 0) is 31.4 Å². The van der Waals surface area contributed by atoms with Crippen LogP contribution in [0.5, 0.6) is 0 Å². The fourth-order valence-corrected chi connectivity index (χ4v) is 2.71. The van der Waals surface area contributed by atoms with Gasteiger partial charge in [-0.15, -0.1) is 24.0 Å². The number of hydrogen-bond acceptors (Lipinski definition) is 4. The van der Waals surface area contributed by atoms with Crippen LogP contribution in [0.4, 0.5) is 0 Å². The molecule has 0 amide bonds. The van der Waals surface area contributed by atoms with Gasteiger partial charge in [0.15, 0.2) is 5.96 Å². The van der Waals surface area contributed by atoms with E-state index in [2.05, 4.69) is 17.6 Å². The van der Waals surface area contributed by atoms with Crippen molar-refractivity contribution >= 4 is 29.9 Å². The first-order chi connectivity index (χ1) is 11.3. The van der Waals surface area contributed by atoms with Crippen LogP contribution in [0.2, 0.25) is 0 Å². The van der Waals surface area contributed by atoms with Gasteiger partial charge < -0.3 is 24.9 Å². The number of rotatable bonds is 9. The summed E-state index contributed by atoms with van der Waals surface area (Å²) in [5.74, 6) is 1.79. The Kier molecular flexibility index (Phi) is 10.4. The summed E-state index contributed by atoms with van der Waals surface area (Å²) in [6.07, 6.45) is 5.27. The molecule has 0 aliphatic carbocycles. The normalized spacial score (nSPS) is 20.7. The van der Waals surface area contributed by atoms with Gasteiger partial charge >= 0.3 is 0 Å². The number of nitrogens with one attached hydrogen (secondary N) is 2. The van der Waals surface area contributed by atoms with E-state index < -0.39 is 0 Å². The Morgan fingerprint density at radius 3 is 2.83 bits per heavy atom. The van der Waals surface area contributed by atoms with Crippen molar-refractivity contribution in [3.05, 3.63) is 24.2 Å². The van der Waals surface area contributed by atoms with E-state index in [4.69, 9.17) is 14.1 Å². The first kappa shape index (κ1) is 21.2. The first-order valence-electron chi connectivity index (χ1n) is 8.51. The first-order valence-corrected chi connectivity index (χ1v) is 8.51. The highest BCUT2D eigenvalue weighted by Gasteiger charge is 2.34. The lowest BCUT2D eigenvalue weighted by atomic mass is 9.84. The molecule has 0 spiro atoms. The lowest BCUT2D eigenvalue weighted by molar-refractivity contribution is 0.131. The summed E-state index contributed by atoms with van der Waals surface area (Å²) >= 11 is 0. The van der Waals surface area contributed by atoms with Crippen LogP contribution >= 0.6 is 24.0 Å². The van der Waals surface area contributed by atoms with Crippen molar-refractivity contribution in [2.75, 3.05) is 39.5 Å². The highest BCUT2D eigenvalue weighted by Crippen LogP contribution is 2.32. The molecular weight excluding hydrogens is 421 g/mol. The molecule has 6 nitrogen and oxygen atoms in total. The molecule has 1 saturated heterocycles. The van der Waals surface area contributed by atoms with Crippen molar-refractivity contribution in [1.29, 1.82) is 0 Å². The molecule has 1 aliphatic heterocycles. The van der Waals surface area contributed by atoms with Gasteiger partial charge in [0, 0.05) is 38.1 Å². The smallest absolute Gasteiger partial charge is 0.191 e. The Labute approximate surface area is 161 Å². The van der Waals surface area contributed by atoms with Gasteiger partial charge in [0.05, 0.1) is 19.4 Å². The summed E-state index contributed by atoms with van der Waals surface area (Å²) in [5, 5.41) is 16.0. The number of aliphatic hydroxyl groups is 1. The maximum atomic E-state index is 9.30. The van der Waals surface area contributed by atoms with E-state index >= 15 is 0 Å². The van der Waals surface area contributed by atoms with Crippen LogP contribution in [0.15, 0.2) is 27.8 Å². The van der Waals surface area contributed by atoms with Crippen molar-refractivity contribution in [2.24, 2.45) is 10.4 Å². The van der Waals surface area contributed by atoms with E-state index in [1.54, 1.807) is 6.26 Å². The van der Waals surface area contributed by atoms with Crippen LogP contribution in [0, 0.1) is 5.41 Å². The highest BCUT2D eigenvalue weighted by molar-refractivity contribution is 14.0. The van der Waals surface area contributed by atoms with Gasteiger partial charge in [-0.3, -0.25) is 4.99 Å². The molecule has 0 aromatic carbocycles. The zero-order chi connectivity index (χ0) is 16.4. The summed E-state index contributed by atoms with van der Waals surface area (Å²) in [5.41, 5.74) is -0.0173. The largest absolute Gasteiger partial charge is 0.469 e. The number of aliphatic imine (C=N–C) groups is 1. The van der Waals surface area contributed by atoms with Crippen LogP contribution < -0.4 is 10.6 Å². The third-order valence-electron chi connectivity index (χ3n) is 4.19. The fourth-order valence-electron chi connectivity index (χ4n) is 2.71. The van der Waals surface area contributed by atoms with E-state index in [0.29, 0.717) is 13.2 Å². The summed E-state index contributed by atoms with van der Waals surface area (Å²) in [4.78, 5) is 4.73. The number of guanidine groups is 1. The Hall–Kier alpha value is -0.800. The number of halogens is 1. The summed E-state index contributed by atoms with van der Waals surface area (Å²) in [7, 11) is 0. The molecule has 1 aromatic heterocycles. The predicted octanol–water partition coefficient (Wildman–Crippen LogP) is 2.17. The van der Waals surface area contributed by atoms with E-state index in [-0.39, 0.29) is 36.0 Å². The maximum absolute atomic E-state index is 9.30.